The van der Waals surface area contributed by atoms with Crippen LogP contribution in [0.15, 0.2) is 158 Å². The topological polar surface area (TPSA) is 78.9 Å². The predicted molar refractivity (Wildman–Crippen MR) is 352 cm³/mol. The zero-order valence-corrected chi connectivity index (χ0v) is 52.2. The van der Waals surface area contributed by atoms with E-state index in [1.807, 2.05) is 0 Å². The van der Waals surface area contributed by atoms with Gasteiger partial charge in [-0.15, -0.1) is 0 Å². The fraction of sp³-hybridized carbons (Fsp3) is 0.613. The Hall–Kier alpha value is -4.97. The van der Waals surface area contributed by atoms with E-state index in [1.54, 1.807) is 0 Å². The highest BCUT2D eigenvalue weighted by Crippen LogP contribution is 2.15. The van der Waals surface area contributed by atoms with Crippen LogP contribution in [0, 0.1) is 0 Å². The molecule has 0 aromatic rings. The van der Waals surface area contributed by atoms with Gasteiger partial charge in [0.2, 0.25) is 0 Å². The number of unbranched alkanes of at least 4 members (excludes halogenated alkanes) is 21. The van der Waals surface area contributed by atoms with Gasteiger partial charge in [-0.1, -0.05) is 275 Å². The molecule has 456 valence electrons. The number of esters is 3. The Morgan fingerprint density at radius 1 is 0.247 bits per heavy atom. The van der Waals surface area contributed by atoms with Crippen molar-refractivity contribution in [2.45, 2.75) is 284 Å². The third-order valence-electron chi connectivity index (χ3n) is 13.5. The Bertz CT molecular complexity index is 1810. The van der Waals surface area contributed by atoms with E-state index in [-0.39, 0.29) is 31.1 Å². The minimum absolute atomic E-state index is 0.0976. The number of hydrogen-bond donors (Lipinski definition) is 0. The van der Waals surface area contributed by atoms with Gasteiger partial charge in [0.25, 0.3) is 0 Å². The Kier molecular flexibility index (Phi) is 63.4. The fourth-order valence-corrected chi connectivity index (χ4v) is 8.69. The molecule has 0 aliphatic rings. The van der Waals surface area contributed by atoms with Crippen LogP contribution in [0.4, 0.5) is 0 Å². The SMILES string of the molecule is CC/C=C\C/C=C\C/C=C\C/C=C\C/C=C\CCCCCCCCCCCC(=O)OCC(COC(=O)CCCCCCC/C=C\C/C=C\C/C=C\CC)OC(=O)CCCCCCCCC/C=C\C/C=C\C/C=C\C/C=C\C/C=C\CC. The molecule has 0 amide bonds. The number of ether oxygens (including phenoxy) is 3. The molecule has 0 saturated heterocycles. The summed E-state index contributed by atoms with van der Waals surface area (Å²) in [6.07, 6.45) is 98.1. The van der Waals surface area contributed by atoms with Crippen molar-refractivity contribution in [3.8, 4) is 0 Å². The van der Waals surface area contributed by atoms with Gasteiger partial charge in [0, 0.05) is 19.3 Å². The lowest BCUT2D eigenvalue weighted by Gasteiger charge is -2.18. The first-order valence-electron chi connectivity index (χ1n) is 33.0. The molecular weight excluding hydrogens is 997 g/mol. The summed E-state index contributed by atoms with van der Waals surface area (Å²) in [5.74, 6) is -0.932. The Morgan fingerprint density at radius 3 is 0.691 bits per heavy atom. The molecule has 0 spiro atoms. The maximum absolute atomic E-state index is 12.9. The van der Waals surface area contributed by atoms with E-state index in [4.69, 9.17) is 14.2 Å². The molecule has 0 aromatic heterocycles. The molecule has 0 heterocycles. The van der Waals surface area contributed by atoms with Crippen molar-refractivity contribution in [1.29, 1.82) is 0 Å². The minimum Gasteiger partial charge on any atom is -0.462 e. The van der Waals surface area contributed by atoms with Crippen molar-refractivity contribution in [3.63, 3.8) is 0 Å². The highest BCUT2D eigenvalue weighted by molar-refractivity contribution is 5.71. The summed E-state index contributed by atoms with van der Waals surface area (Å²) in [5.41, 5.74) is 0. The van der Waals surface area contributed by atoms with Crippen LogP contribution in [0.2, 0.25) is 0 Å². The van der Waals surface area contributed by atoms with Gasteiger partial charge in [-0.2, -0.15) is 0 Å². The highest BCUT2D eigenvalue weighted by atomic mass is 16.6. The molecule has 6 nitrogen and oxygen atoms in total. The molecule has 0 rings (SSSR count). The molecule has 0 aliphatic carbocycles. The van der Waals surface area contributed by atoms with Gasteiger partial charge in [0.1, 0.15) is 13.2 Å². The van der Waals surface area contributed by atoms with Crippen molar-refractivity contribution in [2.75, 3.05) is 13.2 Å². The van der Waals surface area contributed by atoms with Gasteiger partial charge in [0.15, 0.2) is 6.10 Å². The fourth-order valence-electron chi connectivity index (χ4n) is 8.69. The summed E-state index contributed by atoms with van der Waals surface area (Å²) in [7, 11) is 0. The molecule has 0 fully saturated rings. The minimum atomic E-state index is -0.804. The largest absolute Gasteiger partial charge is 0.462 e. The van der Waals surface area contributed by atoms with Crippen molar-refractivity contribution >= 4 is 17.9 Å². The maximum Gasteiger partial charge on any atom is 0.306 e. The van der Waals surface area contributed by atoms with Crippen LogP contribution in [0.25, 0.3) is 0 Å². The number of carbonyl (C=O) groups excluding carboxylic acids is 3. The summed E-state index contributed by atoms with van der Waals surface area (Å²) < 4.78 is 16.9. The number of allylic oxidation sites excluding steroid dienone is 26. The summed E-state index contributed by atoms with van der Waals surface area (Å²) in [5, 5.41) is 0. The van der Waals surface area contributed by atoms with Gasteiger partial charge >= 0.3 is 17.9 Å². The molecule has 0 N–H and O–H groups in total. The second-order valence-electron chi connectivity index (χ2n) is 21.2. The smallest absolute Gasteiger partial charge is 0.306 e. The van der Waals surface area contributed by atoms with Gasteiger partial charge in [-0.3, -0.25) is 14.4 Å². The van der Waals surface area contributed by atoms with Gasteiger partial charge in [-0.25, -0.2) is 0 Å². The van der Waals surface area contributed by atoms with Crippen LogP contribution in [-0.4, -0.2) is 37.2 Å². The molecule has 0 aliphatic heterocycles. The maximum atomic E-state index is 12.9. The molecule has 0 radical (unpaired) electrons. The lowest BCUT2D eigenvalue weighted by Crippen LogP contribution is -2.30. The second-order valence-corrected chi connectivity index (χ2v) is 21.2. The standard InChI is InChI=1S/C75H120O6/c1-4-7-10-13-16-19-22-25-28-30-32-34-36-37-39-40-42-44-47-50-53-56-59-62-65-68-74(77)80-71-72(70-79-73(76)67-64-61-58-55-52-49-46-27-24-21-18-15-12-9-6-3)81-75(78)69-66-63-60-57-54-51-48-45-43-41-38-35-33-31-29-26-23-20-17-14-11-8-5-2/h7-12,16-21,25-29,32-35,37,39,41,43,46,72H,4-6,13-15,22-24,30-31,36,38,40,42,44-45,47-71H2,1-3H3/b10-7-,11-8-,12-9-,19-16-,20-17-,21-18-,28-25-,29-26-,34-32-,35-33-,39-37-,43-41-,46-27-. The molecule has 1 unspecified atom stereocenters. The van der Waals surface area contributed by atoms with Crippen molar-refractivity contribution < 1.29 is 28.6 Å². The number of carbonyl (C=O) groups is 3. The van der Waals surface area contributed by atoms with E-state index in [2.05, 4.69) is 179 Å². The van der Waals surface area contributed by atoms with E-state index in [9.17, 15) is 14.4 Å². The molecule has 0 aromatic carbocycles. The first-order chi connectivity index (χ1) is 40.0. The van der Waals surface area contributed by atoms with Crippen LogP contribution in [-0.2, 0) is 28.6 Å². The van der Waals surface area contributed by atoms with Crippen LogP contribution in [0.5, 0.6) is 0 Å². The van der Waals surface area contributed by atoms with Crippen LogP contribution < -0.4 is 0 Å². The van der Waals surface area contributed by atoms with Crippen LogP contribution in [0.3, 0.4) is 0 Å². The zero-order valence-electron chi connectivity index (χ0n) is 52.2. The molecule has 0 bridgehead atoms. The highest BCUT2D eigenvalue weighted by Gasteiger charge is 2.19. The van der Waals surface area contributed by atoms with E-state index in [0.717, 1.165) is 180 Å². The normalized spacial score (nSPS) is 13.2. The van der Waals surface area contributed by atoms with Gasteiger partial charge in [0.05, 0.1) is 0 Å². The Balaban J connectivity index is 4.43. The van der Waals surface area contributed by atoms with Crippen LogP contribution >= 0.6 is 0 Å². The summed E-state index contributed by atoms with van der Waals surface area (Å²) in [6.45, 7) is 6.28. The molecule has 1 atom stereocenters. The third-order valence-corrected chi connectivity index (χ3v) is 13.5. The molecule has 0 saturated carbocycles. The quantitative estimate of drug-likeness (QED) is 0.0261. The van der Waals surface area contributed by atoms with Gasteiger partial charge in [-0.05, 0) is 141 Å². The van der Waals surface area contributed by atoms with Crippen molar-refractivity contribution in [2.24, 2.45) is 0 Å². The molecule has 6 heteroatoms. The van der Waals surface area contributed by atoms with E-state index in [0.29, 0.717) is 19.3 Å². The first kappa shape index (κ1) is 76.0. The number of hydrogen-bond acceptors (Lipinski definition) is 6. The summed E-state index contributed by atoms with van der Waals surface area (Å²) >= 11 is 0. The monoisotopic (exact) mass is 1120 g/mol. The lowest BCUT2D eigenvalue weighted by molar-refractivity contribution is -0.167. The summed E-state index contributed by atoms with van der Waals surface area (Å²) in [4.78, 5) is 38.4. The lowest BCUT2D eigenvalue weighted by atomic mass is 10.1. The Morgan fingerprint density at radius 2 is 0.444 bits per heavy atom. The predicted octanol–water partition coefficient (Wildman–Crippen LogP) is 22.9. The van der Waals surface area contributed by atoms with E-state index >= 15 is 0 Å². The van der Waals surface area contributed by atoms with E-state index < -0.39 is 6.10 Å². The second kappa shape index (κ2) is 67.5. The van der Waals surface area contributed by atoms with Gasteiger partial charge < -0.3 is 14.2 Å². The summed E-state index contributed by atoms with van der Waals surface area (Å²) in [6, 6.07) is 0. The van der Waals surface area contributed by atoms with Crippen molar-refractivity contribution in [3.05, 3.63) is 158 Å². The Labute approximate surface area is 499 Å². The molecular formula is C75H120O6. The first-order valence-corrected chi connectivity index (χ1v) is 33.0. The number of rotatable bonds is 58. The molecule has 81 heavy (non-hydrogen) atoms. The third kappa shape index (κ3) is 65.7. The average molecular weight is 1120 g/mol. The zero-order chi connectivity index (χ0) is 58.5. The van der Waals surface area contributed by atoms with Crippen LogP contribution in [0.1, 0.15) is 278 Å². The average Bonchev–Trinajstić information content (AvgIpc) is 3.47. The van der Waals surface area contributed by atoms with Crippen molar-refractivity contribution in [1.82, 2.24) is 0 Å². The van der Waals surface area contributed by atoms with E-state index in [1.165, 1.54) is 57.8 Å².